The molecule has 1 aromatic carbocycles. The van der Waals surface area contributed by atoms with Gasteiger partial charge in [-0.05, 0) is 24.3 Å². The van der Waals surface area contributed by atoms with Crippen molar-refractivity contribution in [2.45, 2.75) is 12.2 Å². The number of aliphatic hydroxyl groups excluding tert-OH is 1. The number of pyridine rings is 1. The van der Waals surface area contributed by atoms with E-state index in [1.165, 1.54) is 29.0 Å². The van der Waals surface area contributed by atoms with Crippen molar-refractivity contribution in [2.75, 3.05) is 38.5 Å². The average molecular weight is 501 g/mol. The first kappa shape index (κ1) is 24.1. The van der Waals surface area contributed by atoms with Crippen LogP contribution in [-0.4, -0.2) is 62.4 Å². The molecule has 0 bridgehead atoms. The number of imidazole rings is 1. The van der Waals surface area contributed by atoms with Gasteiger partial charge >= 0.3 is 6.18 Å². The zero-order chi connectivity index (χ0) is 25.4. The van der Waals surface area contributed by atoms with Crippen LogP contribution >= 0.6 is 0 Å². The first-order valence-corrected chi connectivity index (χ1v) is 11.3. The molecule has 4 heterocycles. The van der Waals surface area contributed by atoms with Crippen LogP contribution in [0.4, 0.5) is 23.4 Å². The van der Waals surface area contributed by atoms with Crippen LogP contribution < -0.4 is 11.1 Å². The first-order valence-electron chi connectivity index (χ1n) is 11.3. The molecule has 3 aromatic heterocycles. The number of benzene rings is 1. The van der Waals surface area contributed by atoms with Crippen LogP contribution in [0.2, 0.25) is 0 Å². The fourth-order valence-corrected chi connectivity index (χ4v) is 4.40. The van der Waals surface area contributed by atoms with Crippen LogP contribution in [-0.2, 0) is 6.18 Å². The van der Waals surface area contributed by atoms with Gasteiger partial charge in [0.15, 0.2) is 5.65 Å². The summed E-state index contributed by atoms with van der Waals surface area (Å²) in [6.07, 6.45) is -1.90. The molecular weight excluding hydrogens is 478 g/mol. The van der Waals surface area contributed by atoms with Crippen molar-refractivity contribution in [3.05, 3.63) is 65.7 Å². The maximum atomic E-state index is 15.2. The maximum Gasteiger partial charge on any atom is 0.419 e. The number of β-amino-alcohol motifs (C(OH)–C–C–N with tert-alkyl or cyclic N) is 1. The number of aromatic nitrogens is 4. The molecule has 1 aliphatic heterocycles. The molecule has 4 N–H and O–H groups in total. The van der Waals surface area contributed by atoms with E-state index in [1.54, 1.807) is 18.2 Å². The lowest BCUT2D eigenvalue weighted by molar-refractivity contribution is -0.137. The Hall–Kier alpha value is -3.61. The van der Waals surface area contributed by atoms with Crippen LogP contribution in [0, 0.1) is 5.82 Å². The topological polar surface area (TPSA) is 105 Å². The monoisotopic (exact) mass is 501 g/mol. The van der Waals surface area contributed by atoms with E-state index < -0.39 is 23.4 Å². The van der Waals surface area contributed by atoms with Crippen molar-refractivity contribution in [3.8, 4) is 22.5 Å². The summed E-state index contributed by atoms with van der Waals surface area (Å²) in [7, 11) is 0. The van der Waals surface area contributed by atoms with Gasteiger partial charge in [0.1, 0.15) is 11.6 Å². The summed E-state index contributed by atoms with van der Waals surface area (Å²) in [5.41, 5.74) is 6.69. The van der Waals surface area contributed by atoms with E-state index in [-0.39, 0.29) is 23.9 Å². The lowest BCUT2D eigenvalue weighted by Gasteiger charge is -2.33. The first-order chi connectivity index (χ1) is 17.2. The highest BCUT2D eigenvalue weighted by atomic mass is 19.4. The van der Waals surface area contributed by atoms with Gasteiger partial charge in [-0.25, -0.2) is 18.9 Å². The summed E-state index contributed by atoms with van der Waals surface area (Å²) in [5, 5.41) is 17.0. The molecule has 0 radical (unpaired) electrons. The Morgan fingerprint density at radius 2 is 1.92 bits per heavy atom. The molecule has 4 aromatic rings. The highest BCUT2D eigenvalue weighted by molar-refractivity contribution is 5.67. The molecule has 0 spiro atoms. The number of alkyl halides is 3. The van der Waals surface area contributed by atoms with E-state index in [0.717, 1.165) is 12.6 Å². The largest absolute Gasteiger partial charge is 0.419 e. The van der Waals surface area contributed by atoms with Crippen molar-refractivity contribution >= 4 is 11.5 Å². The van der Waals surface area contributed by atoms with Crippen molar-refractivity contribution in [2.24, 2.45) is 0 Å². The number of aliphatic hydroxyl groups is 1. The molecule has 36 heavy (non-hydrogen) atoms. The molecule has 8 nitrogen and oxygen atoms in total. The predicted molar refractivity (Wildman–Crippen MR) is 125 cm³/mol. The Bertz CT molecular complexity index is 1400. The smallest absolute Gasteiger partial charge is 0.395 e. The lowest BCUT2D eigenvalue weighted by atomic mass is 10.0. The quantitative estimate of drug-likeness (QED) is 0.361. The summed E-state index contributed by atoms with van der Waals surface area (Å²) in [5.74, 6) is -1.02. The Kier molecular flexibility index (Phi) is 6.33. The minimum atomic E-state index is -4.65. The van der Waals surface area contributed by atoms with E-state index in [4.69, 9.17) is 5.73 Å². The molecule has 1 atom stereocenters. The van der Waals surface area contributed by atoms with Gasteiger partial charge < -0.3 is 16.2 Å². The van der Waals surface area contributed by atoms with E-state index in [9.17, 15) is 18.3 Å². The van der Waals surface area contributed by atoms with Crippen LogP contribution in [0.15, 0.2) is 48.8 Å². The standard InChI is InChI=1S/C24H23F4N7O/c25-18-10-14(1-2-16(18)20-13-34(7-8-36)6-5-30-20)21-12-31-22-4-3-19(33-35(21)22)15-9-17(24(26,27)28)23(29)32-11-15/h1-4,9-12,20,30,36H,5-8,13H2,(H2,29,32). The number of halogens is 4. The van der Waals surface area contributed by atoms with E-state index >= 15 is 4.39 Å². The van der Waals surface area contributed by atoms with Gasteiger partial charge in [-0.3, -0.25) is 4.90 Å². The van der Waals surface area contributed by atoms with Crippen molar-refractivity contribution < 1.29 is 22.7 Å². The summed E-state index contributed by atoms with van der Waals surface area (Å²) in [4.78, 5) is 10.0. The molecule has 12 heteroatoms. The Labute approximate surface area is 203 Å². The summed E-state index contributed by atoms with van der Waals surface area (Å²) in [6.45, 7) is 2.61. The Morgan fingerprint density at radius 3 is 2.67 bits per heavy atom. The number of hydrogen-bond acceptors (Lipinski definition) is 7. The summed E-state index contributed by atoms with van der Waals surface area (Å²) < 4.78 is 56.5. The van der Waals surface area contributed by atoms with Crippen LogP contribution in [0.5, 0.6) is 0 Å². The van der Waals surface area contributed by atoms with Crippen molar-refractivity contribution in [1.29, 1.82) is 0 Å². The van der Waals surface area contributed by atoms with E-state index in [0.29, 0.717) is 42.1 Å². The summed E-state index contributed by atoms with van der Waals surface area (Å²) >= 11 is 0. The second-order valence-corrected chi connectivity index (χ2v) is 8.55. The number of piperazine rings is 1. The molecular formula is C24H23F4N7O. The molecule has 0 saturated carbocycles. The third kappa shape index (κ3) is 4.62. The fraction of sp³-hybridized carbons (Fsp3) is 0.292. The molecule has 0 amide bonds. The molecule has 5 rings (SSSR count). The second-order valence-electron chi connectivity index (χ2n) is 8.55. The third-order valence-electron chi connectivity index (χ3n) is 6.23. The van der Waals surface area contributed by atoms with Gasteiger partial charge in [-0.15, -0.1) is 0 Å². The van der Waals surface area contributed by atoms with E-state index in [1.807, 2.05) is 0 Å². The van der Waals surface area contributed by atoms with Gasteiger partial charge in [0.05, 0.1) is 29.8 Å². The maximum absolute atomic E-state index is 15.2. The zero-order valence-electron chi connectivity index (χ0n) is 19.0. The number of rotatable bonds is 5. The van der Waals surface area contributed by atoms with Crippen LogP contribution in [0.25, 0.3) is 28.2 Å². The number of nitrogens with zero attached hydrogens (tertiary/aromatic N) is 5. The molecule has 0 aliphatic carbocycles. The van der Waals surface area contributed by atoms with Gasteiger partial charge in [0, 0.05) is 55.1 Å². The highest BCUT2D eigenvalue weighted by Crippen LogP contribution is 2.35. The highest BCUT2D eigenvalue weighted by Gasteiger charge is 2.34. The molecule has 1 aliphatic rings. The molecule has 188 valence electrons. The van der Waals surface area contributed by atoms with E-state index in [2.05, 4.69) is 25.3 Å². The normalized spacial score (nSPS) is 17.1. The number of nitrogen functional groups attached to an aromatic ring is 1. The third-order valence-corrected chi connectivity index (χ3v) is 6.23. The number of hydrogen-bond donors (Lipinski definition) is 3. The van der Waals surface area contributed by atoms with Crippen LogP contribution in [0.1, 0.15) is 17.2 Å². The Balaban J connectivity index is 1.48. The number of anilines is 1. The van der Waals surface area contributed by atoms with Gasteiger partial charge in [0.2, 0.25) is 0 Å². The number of nitrogens with one attached hydrogen (secondary N) is 1. The second kappa shape index (κ2) is 9.45. The molecule has 1 fully saturated rings. The van der Waals surface area contributed by atoms with Crippen LogP contribution in [0.3, 0.4) is 0 Å². The summed E-state index contributed by atoms with van der Waals surface area (Å²) in [6, 6.07) is 8.69. The Morgan fingerprint density at radius 1 is 1.08 bits per heavy atom. The van der Waals surface area contributed by atoms with Crippen molar-refractivity contribution in [3.63, 3.8) is 0 Å². The minimum Gasteiger partial charge on any atom is -0.395 e. The van der Waals surface area contributed by atoms with Crippen molar-refractivity contribution in [1.82, 2.24) is 29.8 Å². The predicted octanol–water partition coefficient (Wildman–Crippen LogP) is 3.14. The van der Waals surface area contributed by atoms with Gasteiger partial charge in [-0.2, -0.15) is 18.3 Å². The minimum absolute atomic E-state index is 0.0430. The van der Waals surface area contributed by atoms with Gasteiger partial charge in [0.25, 0.3) is 0 Å². The number of fused-ring (bicyclic) bond motifs is 1. The lowest BCUT2D eigenvalue weighted by Crippen LogP contribution is -2.46. The van der Waals surface area contributed by atoms with Gasteiger partial charge in [-0.1, -0.05) is 12.1 Å². The fourth-order valence-electron chi connectivity index (χ4n) is 4.40. The average Bonchev–Trinajstić information content (AvgIpc) is 3.27. The zero-order valence-corrected chi connectivity index (χ0v) is 19.0. The SMILES string of the molecule is Nc1ncc(-c2ccc3ncc(-c4ccc(C5CN(CCO)CCN5)c(F)c4)n3n2)cc1C(F)(F)F. The number of nitrogens with two attached hydrogens (primary N) is 1. The molecule has 1 unspecified atom stereocenters. The molecule has 1 saturated heterocycles.